The van der Waals surface area contributed by atoms with Crippen molar-refractivity contribution in [2.45, 2.75) is 32.8 Å². The molecule has 0 radical (unpaired) electrons. The maximum absolute atomic E-state index is 12.2. The number of hydrogen-bond donors (Lipinski definition) is 0. The summed E-state index contributed by atoms with van der Waals surface area (Å²) in [6.45, 7) is 5.18. The summed E-state index contributed by atoms with van der Waals surface area (Å²) >= 11 is 0. The molecule has 36 heavy (non-hydrogen) atoms. The van der Waals surface area contributed by atoms with Gasteiger partial charge in [-0.05, 0) is 54.8 Å². The third-order valence-electron chi connectivity index (χ3n) is 5.74. The Hall–Kier alpha value is -3.77. The number of para-hydroxylation sites is 2. The quantitative estimate of drug-likeness (QED) is 0.335. The van der Waals surface area contributed by atoms with Crippen LogP contribution in [0.25, 0.3) is 5.57 Å². The zero-order valence-corrected chi connectivity index (χ0v) is 20.8. The fraction of sp³-hybridized carbons (Fsp3) is 0.300. The molecule has 1 heterocycles. The van der Waals surface area contributed by atoms with E-state index in [1.54, 1.807) is 6.92 Å². The molecule has 0 N–H and O–H groups in total. The van der Waals surface area contributed by atoms with Gasteiger partial charge in [0.25, 0.3) is 0 Å². The first kappa shape index (κ1) is 25.3. The van der Waals surface area contributed by atoms with Gasteiger partial charge in [-0.15, -0.1) is 0 Å². The molecule has 0 saturated carbocycles. The Morgan fingerprint density at radius 1 is 0.917 bits per heavy atom. The van der Waals surface area contributed by atoms with Crippen LogP contribution in [-0.2, 0) is 20.7 Å². The lowest BCUT2D eigenvalue weighted by molar-refractivity contribution is -0.156. The molecule has 3 aromatic rings. The molecule has 188 valence electrons. The van der Waals surface area contributed by atoms with E-state index in [9.17, 15) is 4.79 Å². The van der Waals surface area contributed by atoms with E-state index in [-0.39, 0.29) is 12.8 Å². The summed E-state index contributed by atoms with van der Waals surface area (Å²) in [5.41, 5.74) is 3.95. The molecule has 0 amide bonds. The van der Waals surface area contributed by atoms with E-state index in [4.69, 9.17) is 23.7 Å². The van der Waals surface area contributed by atoms with E-state index in [0.717, 1.165) is 45.9 Å². The van der Waals surface area contributed by atoms with Crippen LogP contribution in [0.3, 0.4) is 0 Å². The number of fused-ring (bicyclic) bond motifs is 2. The maximum Gasteiger partial charge on any atom is 0.335 e. The van der Waals surface area contributed by atoms with E-state index in [2.05, 4.69) is 0 Å². The van der Waals surface area contributed by atoms with Gasteiger partial charge in [0.05, 0.1) is 6.61 Å². The fourth-order valence-electron chi connectivity index (χ4n) is 4.01. The summed E-state index contributed by atoms with van der Waals surface area (Å²) in [5, 5.41) is 0. The number of carbonyl (C=O) groups is 1. The highest BCUT2D eigenvalue weighted by Crippen LogP contribution is 2.37. The number of carbonyl (C=O) groups excluding carboxylic acids is 1. The minimum absolute atomic E-state index is 0.157. The van der Waals surface area contributed by atoms with Crippen LogP contribution in [-0.4, -0.2) is 38.7 Å². The van der Waals surface area contributed by atoms with Crippen molar-refractivity contribution < 1.29 is 28.5 Å². The highest BCUT2D eigenvalue weighted by molar-refractivity contribution is 5.85. The van der Waals surface area contributed by atoms with Gasteiger partial charge < -0.3 is 23.7 Å². The molecule has 0 saturated heterocycles. The monoisotopic (exact) mass is 488 g/mol. The highest BCUT2D eigenvalue weighted by atomic mass is 16.7. The van der Waals surface area contributed by atoms with Crippen molar-refractivity contribution in [1.29, 1.82) is 0 Å². The Labute approximate surface area is 212 Å². The Morgan fingerprint density at radius 2 is 1.56 bits per heavy atom. The fourth-order valence-corrected chi connectivity index (χ4v) is 4.01. The summed E-state index contributed by atoms with van der Waals surface area (Å²) in [5.74, 6) is 1.94. The molecule has 0 bridgehead atoms. The first-order valence-corrected chi connectivity index (χ1v) is 12.3. The van der Waals surface area contributed by atoms with Gasteiger partial charge in [-0.25, -0.2) is 4.79 Å². The molecule has 6 nitrogen and oxygen atoms in total. The molecule has 4 rings (SSSR count). The van der Waals surface area contributed by atoms with E-state index in [1.165, 1.54) is 0 Å². The largest absolute Gasteiger partial charge is 0.490 e. The molecule has 0 aliphatic carbocycles. The lowest BCUT2D eigenvalue weighted by Gasteiger charge is -2.21. The van der Waals surface area contributed by atoms with Crippen molar-refractivity contribution in [3.8, 4) is 17.2 Å². The molecular formula is C30H32O6. The van der Waals surface area contributed by atoms with Gasteiger partial charge in [0.2, 0.25) is 6.79 Å². The average molecular weight is 489 g/mol. The van der Waals surface area contributed by atoms with E-state index < -0.39 is 6.10 Å². The van der Waals surface area contributed by atoms with Gasteiger partial charge in [0.1, 0.15) is 23.9 Å². The summed E-state index contributed by atoms with van der Waals surface area (Å²) in [7, 11) is 0. The summed E-state index contributed by atoms with van der Waals surface area (Å²) in [6, 6.07) is 23.5. The Balaban J connectivity index is 1.47. The van der Waals surface area contributed by atoms with Crippen LogP contribution >= 0.6 is 0 Å². The summed E-state index contributed by atoms with van der Waals surface area (Å²) in [6.07, 6.45) is 2.73. The van der Waals surface area contributed by atoms with E-state index in [1.807, 2.05) is 85.8 Å². The van der Waals surface area contributed by atoms with Gasteiger partial charge in [-0.1, -0.05) is 55.5 Å². The molecule has 1 atom stereocenters. The van der Waals surface area contributed by atoms with Crippen LogP contribution < -0.4 is 14.2 Å². The number of rotatable bonds is 10. The molecule has 1 aliphatic rings. The molecule has 0 aromatic heterocycles. The van der Waals surface area contributed by atoms with Crippen LogP contribution in [0.5, 0.6) is 17.2 Å². The van der Waals surface area contributed by atoms with Crippen molar-refractivity contribution in [2.75, 3.05) is 26.6 Å². The highest BCUT2D eigenvalue weighted by Gasteiger charge is 2.21. The predicted molar refractivity (Wildman–Crippen MR) is 138 cm³/mol. The van der Waals surface area contributed by atoms with Crippen LogP contribution in [0, 0.1) is 0 Å². The van der Waals surface area contributed by atoms with E-state index >= 15 is 0 Å². The lowest BCUT2D eigenvalue weighted by Crippen LogP contribution is -2.29. The third kappa shape index (κ3) is 6.46. The Morgan fingerprint density at radius 3 is 2.17 bits per heavy atom. The van der Waals surface area contributed by atoms with E-state index in [0.29, 0.717) is 26.2 Å². The van der Waals surface area contributed by atoms with Crippen LogP contribution in [0.15, 0.2) is 78.9 Å². The predicted octanol–water partition coefficient (Wildman–Crippen LogP) is 5.83. The zero-order valence-electron chi connectivity index (χ0n) is 20.8. The summed E-state index contributed by atoms with van der Waals surface area (Å²) in [4.78, 5) is 12.2. The number of hydrogen-bond acceptors (Lipinski definition) is 6. The lowest BCUT2D eigenvalue weighted by atomic mass is 9.95. The average Bonchev–Trinajstić information content (AvgIpc) is 2.90. The Bertz CT molecular complexity index is 1120. The Kier molecular flexibility index (Phi) is 9.00. The standard InChI is InChI=1S/C30H32O6/c1-3-18-34-29(30(31)32-4-2)20-22-13-15-23(16-14-22)33-19-17-24-25-9-5-7-11-27(25)35-21-36-28-12-8-6-10-26(24)28/h5-17,29H,3-4,18-21H2,1-2H3. The van der Waals surface area contributed by atoms with Crippen molar-refractivity contribution in [3.63, 3.8) is 0 Å². The molecule has 0 spiro atoms. The second-order valence-corrected chi connectivity index (χ2v) is 8.29. The maximum atomic E-state index is 12.2. The van der Waals surface area contributed by atoms with Crippen LogP contribution in [0.1, 0.15) is 37.0 Å². The molecule has 3 aromatic carbocycles. The smallest absolute Gasteiger partial charge is 0.335 e. The summed E-state index contributed by atoms with van der Waals surface area (Å²) < 4.78 is 28.6. The van der Waals surface area contributed by atoms with Crippen LogP contribution in [0.2, 0.25) is 0 Å². The minimum Gasteiger partial charge on any atom is -0.490 e. The van der Waals surface area contributed by atoms with Gasteiger partial charge in [0.15, 0.2) is 6.10 Å². The normalized spacial score (nSPS) is 13.1. The third-order valence-corrected chi connectivity index (χ3v) is 5.74. The molecule has 1 unspecified atom stereocenters. The van der Waals surface area contributed by atoms with Crippen molar-refractivity contribution >= 4 is 11.5 Å². The minimum atomic E-state index is -0.606. The first-order chi connectivity index (χ1) is 17.7. The second kappa shape index (κ2) is 12.8. The molecule has 1 aliphatic heterocycles. The topological polar surface area (TPSA) is 63.2 Å². The van der Waals surface area contributed by atoms with Crippen molar-refractivity contribution in [1.82, 2.24) is 0 Å². The van der Waals surface area contributed by atoms with Gasteiger partial charge in [-0.2, -0.15) is 0 Å². The van der Waals surface area contributed by atoms with Gasteiger partial charge >= 0.3 is 5.97 Å². The number of benzene rings is 3. The van der Waals surface area contributed by atoms with Crippen molar-refractivity contribution in [3.05, 3.63) is 95.6 Å². The zero-order chi connectivity index (χ0) is 25.2. The number of ether oxygens (including phenoxy) is 5. The molecule has 6 heteroatoms. The second-order valence-electron chi connectivity index (χ2n) is 8.29. The molecule has 0 fully saturated rings. The van der Waals surface area contributed by atoms with Crippen LogP contribution in [0.4, 0.5) is 0 Å². The molecular weight excluding hydrogens is 456 g/mol. The first-order valence-electron chi connectivity index (χ1n) is 12.3. The van der Waals surface area contributed by atoms with Gasteiger partial charge in [-0.3, -0.25) is 0 Å². The van der Waals surface area contributed by atoms with Gasteiger partial charge in [0, 0.05) is 24.2 Å². The van der Waals surface area contributed by atoms with Crippen molar-refractivity contribution in [2.24, 2.45) is 0 Å². The number of esters is 1. The SMILES string of the molecule is CCCOC(Cc1ccc(OCC=C2c3ccccc3OCOc3ccccc32)cc1)C(=O)OCC.